The molecule has 0 aliphatic carbocycles. The maximum atomic E-state index is 11.0. The van der Waals surface area contributed by atoms with Crippen LogP contribution < -0.4 is 0 Å². The lowest BCUT2D eigenvalue weighted by atomic mass is 10.0. The van der Waals surface area contributed by atoms with Crippen molar-refractivity contribution in [2.75, 3.05) is 14.2 Å². The Kier molecular flexibility index (Phi) is 3.66. The van der Waals surface area contributed by atoms with Gasteiger partial charge in [-0.1, -0.05) is 12.2 Å². The third-order valence-electron chi connectivity index (χ3n) is 2.50. The van der Waals surface area contributed by atoms with Crippen molar-refractivity contribution in [2.45, 2.75) is 31.7 Å². The van der Waals surface area contributed by atoms with Gasteiger partial charge in [0, 0.05) is 13.1 Å². The number of thiocarbonyl (C=S) groups is 1. The first kappa shape index (κ1) is 10.4. The molecule has 1 aliphatic rings. The van der Waals surface area contributed by atoms with Gasteiger partial charge in [-0.3, -0.25) is 4.79 Å². The van der Waals surface area contributed by atoms with Crippen LogP contribution in [0.3, 0.4) is 0 Å². The number of nitrogens with zero attached hydrogens (tertiary/aromatic N) is 1. The highest BCUT2D eigenvalue weighted by atomic mass is 32.1. The maximum Gasteiger partial charge on any atom is 0.307 e. The molecular formula is C9H15NO2S. The van der Waals surface area contributed by atoms with Crippen molar-refractivity contribution in [3.8, 4) is 0 Å². The summed E-state index contributed by atoms with van der Waals surface area (Å²) in [5, 5.41) is 0. The minimum Gasteiger partial charge on any atom is -0.469 e. The number of methoxy groups -OCH3 is 1. The molecule has 0 aromatic rings. The number of ether oxygens (including phenoxy) is 1. The van der Waals surface area contributed by atoms with E-state index in [1.807, 2.05) is 11.9 Å². The van der Waals surface area contributed by atoms with Crippen LogP contribution in [0.5, 0.6) is 0 Å². The zero-order chi connectivity index (χ0) is 9.84. The average Bonchev–Trinajstić information content (AvgIpc) is 2.13. The number of likely N-dealkylation sites (tertiary alicyclic amines) is 1. The van der Waals surface area contributed by atoms with E-state index in [-0.39, 0.29) is 12.0 Å². The second kappa shape index (κ2) is 4.56. The van der Waals surface area contributed by atoms with Crippen molar-refractivity contribution < 1.29 is 9.53 Å². The van der Waals surface area contributed by atoms with Gasteiger partial charge in [-0.25, -0.2) is 0 Å². The molecule has 74 valence electrons. The van der Waals surface area contributed by atoms with Crippen LogP contribution in [0, 0.1) is 0 Å². The Morgan fingerprint density at radius 3 is 3.08 bits per heavy atom. The molecule has 13 heavy (non-hydrogen) atoms. The van der Waals surface area contributed by atoms with Gasteiger partial charge in [0.1, 0.15) is 0 Å². The molecule has 1 saturated heterocycles. The molecule has 1 rings (SSSR count). The SMILES string of the molecule is COC(=O)CC1CCCC(=S)N1C. The number of esters is 1. The first-order valence-electron chi connectivity index (χ1n) is 4.47. The minimum atomic E-state index is -0.151. The highest BCUT2D eigenvalue weighted by molar-refractivity contribution is 7.80. The zero-order valence-corrected chi connectivity index (χ0v) is 8.89. The number of carbonyl (C=O) groups is 1. The van der Waals surface area contributed by atoms with Crippen molar-refractivity contribution in [1.82, 2.24) is 4.90 Å². The summed E-state index contributed by atoms with van der Waals surface area (Å²) in [6, 6.07) is 0.244. The minimum absolute atomic E-state index is 0.151. The van der Waals surface area contributed by atoms with Gasteiger partial charge >= 0.3 is 5.97 Å². The van der Waals surface area contributed by atoms with Crippen LogP contribution in [0.2, 0.25) is 0 Å². The predicted octanol–water partition coefficient (Wildman–Crippen LogP) is 1.36. The van der Waals surface area contributed by atoms with Crippen LogP contribution in [-0.2, 0) is 9.53 Å². The Morgan fingerprint density at radius 1 is 1.77 bits per heavy atom. The van der Waals surface area contributed by atoms with Gasteiger partial charge < -0.3 is 9.64 Å². The summed E-state index contributed by atoms with van der Waals surface area (Å²) in [5.41, 5.74) is 0. The van der Waals surface area contributed by atoms with Crippen LogP contribution in [0.15, 0.2) is 0 Å². The maximum absolute atomic E-state index is 11.0. The largest absolute Gasteiger partial charge is 0.469 e. The van der Waals surface area contributed by atoms with E-state index in [0.717, 1.165) is 24.3 Å². The second-order valence-corrected chi connectivity index (χ2v) is 3.80. The number of piperidine rings is 1. The van der Waals surface area contributed by atoms with Gasteiger partial charge in [0.25, 0.3) is 0 Å². The highest BCUT2D eigenvalue weighted by Gasteiger charge is 2.24. The molecule has 0 bridgehead atoms. The third kappa shape index (κ3) is 2.66. The molecule has 4 heteroatoms. The number of rotatable bonds is 2. The Bertz CT molecular complexity index is 218. The lowest BCUT2D eigenvalue weighted by Gasteiger charge is -2.33. The highest BCUT2D eigenvalue weighted by Crippen LogP contribution is 2.20. The van der Waals surface area contributed by atoms with E-state index in [1.165, 1.54) is 7.11 Å². The molecule has 1 unspecified atom stereocenters. The first-order valence-corrected chi connectivity index (χ1v) is 4.88. The summed E-state index contributed by atoms with van der Waals surface area (Å²) in [4.78, 5) is 14.0. The summed E-state index contributed by atoms with van der Waals surface area (Å²) < 4.78 is 4.63. The molecule has 0 amide bonds. The summed E-state index contributed by atoms with van der Waals surface area (Å²) >= 11 is 5.17. The van der Waals surface area contributed by atoms with Gasteiger partial charge in [0.15, 0.2) is 0 Å². The van der Waals surface area contributed by atoms with Crippen LogP contribution in [0.25, 0.3) is 0 Å². The van der Waals surface area contributed by atoms with Crippen molar-refractivity contribution in [1.29, 1.82) is 0 Å². The third-order valence-corrected chi connectivity index (χ3v) is 2.99. The first-order chi connectivity index (χ1) is 6.15. The summed E-state index contributed by atoms with van der Waals surface area (Å²) in [7, 11) is 3.37. The molecule has 1 atom stereocenters. The van der Waals surface area contributed by atoms with E-state index in [4.69, 9.17) is 12.2 Å². The average molecular weight is 201 g/mol. The summed E-state index contributed by atoms with van der Waals surface area (Å²) in [5.74, 6) is -0.151. The normalized spacial score (nSPS) is 23.1. The van der Waals surface area contributed by atoms with Gasteiger partial charge in [-0.2, -0.15) is 0 Å². The second-order valence-electron chi connectivity index (χ2n) is 3.33. The van der Waals surface area contributed by atoms with Gasteiger partial charge in [0.05, 0.1) is 18.5 Å². The van der Waals surface area contributed by atoms with Crippen LogP contribution in [0.4, 0.5) is 0 Å². The monoisotopic (exact) mass is 201 g/mol. The molecule has 0 aromatic heterocycles. The number of hydrogen-bond donors (Lipinski definition) is 0. The van der Waals surface area contributed by atoms with Gasteiger partial charge in [-0.15, -0.1) is 0 Å². The van der Waals surface area contributed by atoms with Gasteiger partial charge in [0.2, 0.25) is 0 Å². The Hall–Kier alpha value is -0.640. The Morgan fingerprint density at radius 2 is 2.46 bits per heavy atom. The molecule has 1 fully saturated rings. The Balaban J connectivity index is 2.48. The van der Waals surface area contributed by atoms with E-state index in [1.54, 1.807) is 0 Å². The van der Waals surface area contributed by atoms with E-state index in [9.17, 15) is 4.79 Å². The summed E-state index contributed by atoms with van der Waals surface area (Å²) in [6.45, 7) is 0. The van der Waals surface area contributed by atoms with Crippen LogP contribution in [-0.4, -0.2) is 36.1 Å². The van der Waals surface area contributed by atoms with E-state index in [2.05, 4.69) is 4.74 Å². The van der Waals surface area contributed by atoms with Crippen LogP contribution >= 0.6 is 12.2 Å². The fourth-order valence-corrected chi connectivity index (χ4v) is 1.87. The molecule has 0 saturated carbocycles. The lowest BCUT2D eigenvalue weighted by molar-refractivity contribution is -0.141. The summed E-state index contributed by atoms with van der Waals surface area (Å²) in [6.07, 6.45) is 3.55. The van der Waals surface area contributed by atoms with E-state index < -0.39 is 0 Å². The fraction of sp³-hybridized carbons (Fsp3) is 0.778. The topological polar surface area (TPSA) is 29.5 Å². The van der Waals surface area contributed by atoms with E-state index in [0.29, 0.717) is 6.42 Å². The van der Waals surface area contributed by atoms with E-state index >= 15 is 0 Å². The molecule has 0 spiro atoms. The van der Waals surface area contributed by atoms with Crippen molar-refractivity contribution >= 4 is 23.2 Å². The van der Waals surface area contributed by atoms with Crippen molar-refractivity contribution in [2.24, 2.45) is 0 Å². The molecular weight excluding hydrogens is 186 g/mol. The fourth-order valence-electron chi connectivity index (χ4n) is 1.58. The molecule has 0 aromatic carbocycles. The molecule has 0 radical (unpaired) electrons. The van der Waals surface area contributed by atoms with Crippen LogP contribution in [0.1, 0.15) is 25.7 Å². The molecule has 0 N–H and O–H groups in total. The molecule has 3 nitrogen and oxygen atoms in total. The Labute approximate surface area is 84.0 Å². The molecule has 1 heterocycles. The zero-order valence-electron chi connectivity index (χ0n) is 8.08. The van der Waals surface area contributed by atoms with Crippen molar-refractivity contribution in [3.05, 3.63) is 0 Å². The smallest absolute Gasteiger partial charge is 0.307 e. The van der Waals surface area contributed by atoms with Gasteiger partial charge in [-0.05, 0) is 19.3 Å². The number of hydrogen-bond acceptors (Lipinski definition) is 3. The lowest BCUT2D eigenvalue weighted by Crippen LogP contribution is -2.40. The number of carbonyl (C=O) groups excluding carboxylic acids is 1. The predicted molar refractivity (Wildman–Crippen MR) is 54.6 cm³/mol. The van der Waals surface area contributed by atoms with Crippen molar-refractivity contribution in [3.63, 3.8) is 0 Å². The quantitative estimate of drug-likeness (QED) is 0.498. The standard InChI is InChI=1S/C9H15NO2S/c1-10-7(6-9(11)12-2)4-3-5-8(10)13/h7H,3-6H2,1-2H3. The molecule has 1 aliphatic heterocycles.